The van der Waals surface area contributed by atoms with Crippen LogP contribution < -0.4 is 10.1 Å². The van der Waals surface area contributed by atoms with Gasteiger partial charge in [-0.25, -0.2) is 0 Å². The first-order valence-electron chi connectivity index (χ1n) is 7.33. The topological polar surface area (TPSA) is 67.6 Å². The van der Waals surface area contributed by atoms with E-state index >= 15 is 0 Å². The molecule has 0 aliphatic carbocycles. The van der Waals surface area contributed by atoms with Crippen LogP contribution in [0, 0.1) is 10.1 Å². The molecule has 1 heterocycles. The number of non-ortho nitro benzene ring substituents is 1. The number of rotatable bonds is 6. The summed E-state index contributed by atoms with van der Waals surface area (Å²) in [5.74, 6) is 0.550. The fourth-order valence-electron chi connectivity index (χ4n) is 2.39. The minimum Gasteiger partial charge on any atom is -0.488 e. The van der Waals surface area contributed by atoms with Crippen LogP contribution in [0.2, 0.25) is 0 Å². The molecule has 6 nitrogen and oxygen atoms in total. The van der Waals surface area contributed by atoms with Gasteiger partial charge in [0.2, 0.25) is 0 Å². The SMILES string of the molecule is CC(C)(CCN1CCNCC1)Oc1cccc([N+](=O)[O-])c1. The molecule has 21 heavy (non-hydrogen) atoms. The zero-order valence-electron chi connectivity index (χ0n) is 12.7. The van der Waals surface area contributed by atoms with Gasteiger partial charge in [-0.3, -0.25) is 10.1 Å². The smallest absolute Gasteiger partial charge is 0.273 e. The Morgan fingerprint density at radius 2 is 2.10 bits per heavy atom. The van der Waals surface area contributed by atoms with Crippen LogP contribution in [-0.2, 0) is 0 Å². The first kappa shape index (κ1) is 15.7. The maximum Gasteiger partial charge on any atom is 0.273 e. The first-order valence-corrected chi connectivity index (χ1v) is 7.33. The van der Waals surface area contributed by atoms with Gasteiger partial charge in [0.15, 0.2) is 0 Å². The van der Waals surface area contributed by atoms with Crippen molar-refractivity contribution in [2.45, 2.75) is 25.9 Å². The van der Waals surface area contributed by atoms with E-state index in [1.807, 2.05) is 13.8 Å². The fraction of sp³-hybridized carbons (Fsp3) is 0.600. The molecule has 116 valence electrons. The third-order valence-corrected chi connectivity index (χ3v) is 3.66. The largest absolute Gasteiger partial charge is 0.488 e. The summed E-state index contributed by atoms with van der Waals surface area (Å²) < 4.78 is 5.94. The Kier molecular flexibility index (Phi) is 5.14. The highest BCUT2D eigenvalue weighted by atomic mass is 16.6. The lowest BCUT2D eigenvalue weighted by atomic mass is 10.0. The Morgan fingerprint density at radius 3 is 2.76 bits per heavy atom. The van der Waals surface area contributed by atoms with Gasteiger partial charge in [-0.05, 0) is 26.3 Å². The second-order valence-corrected chi connectivity index (χ2v) is 5.96. The number of nitrogens with zero attached hydrogens (tertiary/aromatic N) is 2. The average Bonchev–Trinajstić information content (AvgIpc) is 2.46. The van der Waals surface area contributed by atoms with Crippen molar-refractivity contribution in [2.75, 3.05) is 32.7 Å². The van der Waals surface area contributed by atoms with Gasteiger partial charge >= 0.3 is 0 Å². The molecule has 0 aromatic heterocycles. The van der Waals surface area contributed by atoms with E-state index in [2.05, 4.69) is 10.2 Å². The Bertz CT molecular complexity index is 485. The van der Waals surface area contributed by atoms with E-state index in [-0.39, 0.29) is 11.3 Å². The van der Waals surface area contributed by atoms with Gasteiger partial charge in [-0.1, -0.05) is 6.07 Å². The average molecular weight is 293 g/mol. The Balaban J connectivity index is 1.90. The van der Waals surface area contributed by atoms with E-state index in [9.17, 15) is 10.1 Å². The molecular weight excluding hydrogens is 270 g/mol. The Morgan fingerprint density at radius 1 is 1.38 bits per heavy atom. The van der Waals surface area contributed by atoms with Gasteiger partial charge in [0.1, 0.15) is 11.4 Å². The van der Waals surface area contributed by atoms with Crippen molar-refractivity contribution >= 4 is 5.69 Å². The molecule has 2 rings (SSSR count). The number of ether oxygens (including phenoxy) is 1. The van der Waals surface area contributed by atoms with Gasteiger partial charge in [-0.2, -0.15) is 0 Å². The van der Waals surface area contributed by atoms with E-state index in [1.165, 1.54) is 12.1 Å². The van der Waals surface area contributed by atoms with Crippen LogP contribution in [0.5, 0.6) is 5.75 Å². The van der Waals surface area contributed by atoms with Crippen molar-refractivity contribution in [3.8, 4) is 5.75 Å². The van der Waals surface area contributed by atoms with Gasteiger partial charge < -0.3 is 15.0 Å². The monoisotopic (exact) mass is 293 g/mol. The number of nitro groups is 1. The molecule has 0 radical (unpaired) electrons. The maximum absolute atomic E-state index is 10.8. The lowest BCUT2D eigenvalue weighted by molar-refractivity contribution is -0.385. The molecule has 1 aromatic rings. The van der Waals surface area contributed by atoms with Crippen molar-refractivity contribution in [1.29, 1.82) is 0 Å². The molecule has 6 heteroatoms. The highest BCUT2D eigenvalue weighted by Crippen LogP contribution is 2.25. The number of nitrogens with one attached hydrogen (secondary N) is 1. The standard InChI is InChI=1S/C15H23N3O3/c1-15(2,6-9-17-10-7-16-8-11-17)21-14-5-3-4-13(12-14)18(19)20/h3-5,12,16H,6-11H2,1-2H3. The molecule has 1 aliphatic heterocycles. The molecule has 1 aromatic carbocycles. The summed E-state index contributed by atoms with van der Waals surface area (Å²) in [5.41, 5.74) is -0.287. The summed E-state index contributed by atoms with van der Waals surface area (Å²) in [7, 11) is 0. The van der Waals surface area contributed by atoms with Crippen LogP contribution in [0.25, 0.3) is 0 Å². The Labute approximate surface area is 125 Å². The van der Waals surface area contributed by atoms with Crippen LogP contribution in [0.1, 0.15) is 20.3 Å². The van der Waals surface area contributed by atoms with E-state index in [4.69, 9.17) is 4.74 Å². The summed E-state index contributed by atoms with van der Waals surface area (Å²) in [6.07, 6.45) is 0.885. The lowest BCUT2D eigenvalue weighted by Crippen LogP contribution is -2.45. The second-order valence-electron chi connectivity index (χ2n) is 5.96. The van der Waals surface area contributed by atoms with Crippen molar-refractivity contribution in [1.82, 2.24) is 10.2 Å². The van der Waals surface area contributed by atoms with Crippen molar-refractivity contribution in [2.24, 2.45) is 0 Å². The van der Waals surface area contributed by atoms with Gasteiger partial charge in [0.05, 0.1) is 11.0 Å². The molecule has 0 spiro atoms. The highest BCUT2D eigenvalue weighted by Gasteiger charge is 2.22. The number of hydrogen-bond acceptors (Lipinski definition) is 5. The quantitative estimate of drug-likeness (QED) is 0.642. The normalized spacial score (nSPS) is 16.7. The fourth-order valence-corrected chi connectivity index (χ4v) is 2.39. The van der Waals surface area contributed by atoms with E-state index in [1.54, 1.807) is 12.1 Å². The summed E-state index contributed by atoms with van der Waals surface area (Å²) >= 11 is 0. The van der Waals surface area contributed by atoms with Gasteiger partial charge in [0.25, 0.3) is 5.69 Å². The summed E-state index contributed by atoms with van der Waals surface area (Å²) in [6, 6.07) is 6.37. The van der Waals surface area contributed by atoms with Crippen LogP contribution >= 0.6 is 0 Å². The van der Waals surface area contributed by atoms with Crippen LogP contribution in [0.4, 0.5) is 5.69 Å². The van der Waals surface area contributed by atoms with Crippen molar-refractivity contribution < 1.29 is 9.66 Å². The second kappa shape index (κ2) is 6.87. The maximum atomic E-state index is 10.8. The number of hydrogen-bond donors (Lipinski definition) is 1. The van der Waals surface area contributed by atoms with E-state index in [0.29, 0.717) is 5.75 Å². The zero-order valence-corrected chi connectivity index (χ0v) is 12.7. The minimum atomic E-state index is -0.402. The minimum absolute atomic E-state index is 0.0606. The van der Waals surface area contributed by atoms with Gasteiger partial charge in [0, 0.05) is 38.8 Å². The molecule has 0 saturated carbocycles. The molecule has 1 fully saturated rings. The number of benzene rings is 1. The molecule has 0 amide bonds. The van der Waals surface area contributed by atoms with Crippen molar-refractivity contribution in [3.05, 3.63) is 34.4 Å². The van der Waals surface area contributed by atoms with Crippen LogP contribution in [-0.4, -0.2) is 48.1 Å². The summed E-state index contributed by atoms with van der Waals surface area (Å²) in [4.78, 5) is 12.8. The molecule has 1 N–H and O–H groups in total. The highest BCUT2D eigenvalue weighted by molar-refractivity contribution is 5.38. The molecule has 0 atom stereocenters. The zero-order chi connectivity index (χ0) is 15.3. The molecule has 1 saturated heterocycles. The molecule has 0 bridgehead atoms. The molecule has 0 unspecified atom stereocenters. The van der Waals surface area contributed by atoms with E-state index in [0.717, 1.165) is 39.1 Å². The predicted octanol–water partition coefficient (Wildman–Crippen LogP) is 2.05. The predicted molar refractivity (Wildman–Crippen MR) is 81.7 cm³/mol. The van der Waals surface area contributed by atoms with Crippen LogP contribution in [0.15, 0.2) is 24.3 Å². The third kappa shape index (κ3) is 4.99. The molecule has 1 aliphatic rings. The van der Waals surface area contributed by atoms with Crippen molar-refractivity contribution in [3.63, 3.8) is 0 Å². The number of piperazine rings is 1. The lowest BCUT2D eigenvalue weighted by Gasteiger charge is -2.32. The van der Waals surface area contributed by atoms with Crippen LogP contribution in [0.3, 0.4) is 0 Å². The van der Waals surface area contributed by atoms with Gasteiger partial charge in [-0.15, -0.1) is 0 Å². The first-order chi connectivity index (χ1) is 9.96. The van der Waals surface area contributed by atoms with E-state index < -0.39 is 4.92 Å². The number of nitro benzene ring substituents is 1. The molecular formula is C15H23N3O3. The summed E-state index contributed by atoms with van der Waals surface area (Å²) in [5, 5.41) is 14.1. The summed E-state index contributed by atoms with van der Waals surface area (Å²) in [6.45, 7) is 9.21. The Hall–Kier alpha value is -1.66. The third-order valence-electron chi connectivity index (χ3n) is 3.66.